The van der Waals surface area contributed by atoms with Crippen molar-refractivity contribution >= 4 is 6.09 Å². The Balaban J connectivity index is 1.83. The van der Waals surface area contributed by atoms with Gasteiger partial charge in [0, 0.05) is 19.1 Å². The Labute approximate surface area is 116 Å². The standard InChI is InChI=1S/C15H28N2O2/c1-15(2,3)19-14(18)17-8-4-5-12(10-17)13(16)9-11-6-7-11/h11-13H,4-10,16H2,1-3H3. The van der Waals surface area contributed by atoms with Gasteiger partial charge in [0.25, 0.3) is 0 Å². The van der Waals surface area contributed by atoms with Gasteiger partial charge in [0.05, 0.1) is 0 Å². The molecule has 0 spiro atoms. The smallest absolute Gasteiger partial charge is 0.410 e. The Morgan fingerprint density at radius 3 is 2.63 bits per heavy atom. The van der Waals surface area contributed by atoms with E-state index in [0.29, 0.717) is 5.92 Å². The van der Waals surface area contributed by atoms with Crippen LogP contribution in [0.3, 0.4) is 0 Å². The molecule has 0 bridgehead atoms. The molecule has 2 rings (SSSR count). The largest absolute Gasteiger partial charge is 0.444 e. The minimum atomic E-state index is -0.417. The van der Waals surface area contributed by atoms with Gasteiger partial charge in [0.1, 0.15) is 5.60 Å². The highest BCUT2D eigenvalue weighted by Crippen LogP contribution is 2.35. The summed E-state index contributed by atoms with van der Waals surface area (Å²) in [5.74, 6) is 1.30. The second-order valence-electron chi connectivity index (χ2n) is 7.17. The predicted octanol–water partition coefficient (Wildman–Crippen LogP) is 2.76. The first-order chi connectivity index (χ1) is 8.85. The van der Waals surface area contributed by atoms with Crippen LogP contribution in [0.2, 0.25) is 0 Å². The van der Waals surface area contributed by atoms with Crippen molar-refractivity contribution in [2.24, 2.45) is 17.6 Å². The maximum absolute atomic E-state index is 12.1. The molecule has 0 radical (unpaired) electrons. The summed E-state index contributed by atoms with van der Waals surface area (Å²) in [6.07, 6.45) is 5.82. The van der Waals surface area contributed by atoms with Crippen molar-refractivity contribution in [1.82, 2.24) is 4.90 Å². The lowest BCUT2D eigenvalue weighted by Crippen LogP contribution is -2.47. The van der Waals surface area contributed by atoms with E-state index in [2.05, 4.69) is 0 Å². The van der Waals surface area contributed by atoms with Crippen LogP contribution >= 0.6 is 0 Å². The van der Waals surface area contributed by atoms with Gasteiger partial charge in [-0.2, -0.15) is 0 Å². The fourth-order valence-corrected chi connectivity index (χ4v) is 2.78. The van der Waals surface area contributed by atoms with Crippen LogP contribution in [-0.4, -0.2) is 35.7 Å². The Hall–Kier alpha value is -0.770. The molecule has 1 amide bonds. The van der Waals surface area contributed by atoms with Gasteiger partial charge in [-0.1, -0.05) is 12.8 Å². The van der Waals surface area contributed by atoms with E-state index < -0.39 is 5.60 Å². The molecule has 0 aromatic heterocycles. The zero-order chi connectivity index (χ0) is 14.0. The number of hydrogen-bond acceptors (Lipinski definition) is 3. The summed E-state index contributed by atoms with van der Waals surface area (Å²) in [7, 11) is 0. The summed E-state index contributed by atoms with van der Waals surface area (Å²) in [6, 6.07) is 0.248. The minimum Gasteiger partial charge on any atom is -0.444 e. The quantitative estimate of drug-likeness (QED) is 0.856. The molecule has 1 saturated carbocycles. The number of nitrogens with two attached hydrogens (primary N) is 1. The molecule has 2 unspecified atom stereocenters. The van der Waals surface area contributed by atoms with Crippen molar-refractivity contribution in [3.63, 3.8) is 0 Å². The molecule has 0 aromatic rings. The maximum Gasteiger partial charge on any atom is 0.410 e. The predicted molar refractivity (Wildman–Crippen MR) is 75.8 cm³/mol. The van der Waals surface area contributed by atoms with Crippen LogP contribution in [-0.2, 0) is 4.74 Å². The minimum absolute atomic E-state index is 0.184. The van der Waals surface area contributed by atoms with E-state index in [4.69, 9.17) is 10.5 Å². The Bertz CT molecular complexity index is 321. The van der Waals surface area contributed by atoms with E-state index >= 15 is 0 Å². The highest BCUT2D eigenvalue weighted by Gasteiger charge is 2.33. The Kier molecular flexibility index (Phi) is 4.39. The molecule has 0 aromatic carbocycles. The van der Waals surface area contributed by atoms with Crippen LogP contribution < -0.4 is 5.73 Å². The van der Waals surface area contributed by atoms with Crippen molar-refractivity contribution in [2.75, 3.05) is 13.1 Å². The summed E-state index contributed by atoms with van der Waals surface area (Å²) in [4.78, 5) is 13.9. The monoisotopic (exact) mass is 268 g/mol. The fraction of sp³-hybridized carbons (Fsp3) is 0.933. The lowest BCUT2D eigenvalue weighted by Gasteiger charge is -2.36. The molecule has 4 heteroatoms. The SMILES string of the molecule is CC(C)(C)OC(=O)N1CCCC(C(N)CC2CC2)C1. The maximum atomic E-state index is 12.1. The molecule has 19 heavy (non-hydrogen) atoms. The molecule has 2 atom stereocenters. The van der Waals surface area contributed by atoms with E-state index in [9.17, 15) is 4.79 Å². The number of piperidine rings is 1. The van der Waals surface area contributed by atoms with Gasteiger partial charge in [-0.05, 0) is 51.9 Å². The lowest BCUT2D eigenvalue weighted by molar-refractivity contribution is 0.0150. The molecule has 1 aliphatic carbocycles. The number of likely N-dealkylation sites (tertiary alicyclic amines) is 1. The number of nitrogens with zero attached hydrogens (tertiary/aromatic N) is 1. The van der Waals surface area contributed by atoms with E-state index in [1.54, 1.807) is 0 Å². The van der Waals surface area contributed by atoms with E-state index in [0.717, 1.165) is 38.3 Å². The second kappa shape index (κ2) is 5.70. The zero-order valence-electron chi connectivity index (χ0n) is 12.5. The number of carbonyl (C=O) groups excluding carboxylic acids is 1. The molecule has 2 fully saturated rings. The first kappa shape index (κ1) is 14.6. The number of amides is 1. The average molecular weight is 268 g/mol. The van der Waals surface area contributed by atoms with Gasteiger partial charge < -0.3 is 15.4 Å². The summed E-state index contributed by atoms with van der Waals surface area (Å²) in [5, 5.41) is 0. The highest BCUT2D eigenvalue weighted by atomic mass is 16.6. The van der Waals surface area contributed by atoms with Crippen molar-refractivity contribution in [3.05, 3.63) is 0 Å². The summed E-state index contributed by atoms with van der Waals surface area (Å²) in [5.41, 5.74) is 5.88. The second-order valence-corrected chi connectivity index (χ2v) is 7.17. The Morgan fingerprint density at radius 1 is 1.37 bits per heavy atom. The summed E-state index contributed by atoms with van der Waals surface area (Å²) in [6.45, 7) is 7.30. The first-order valence-electron chi connectivity index (χ1n) is 7.58. The van der Waals surface area contributed by atoms with Gasteiger partial charge in [-0.25, -0.2) is 4.79 Å². The van der Waals surface area contributed by atoms with Gasteiger partial charge >= 0.3 is 6.09 Å². The first-order valence-corrected chi connectivity index (χ1v) is 7.58. The lowest BCUT2D eigenvalue weighted by atomic mass is 9.88. The van der Waals surface area contributed by atoms with Gasteiger partial charge in [-0.15, -0.1) is 0 Å². The van der Waals surface area contributed by atoms with Gasteiger partial charge in [0.15, 0.2) is 0 Å². The van der Waals surface area contributed by atoms with Crippen LogP contribution in [0, 0.1) is 11.8 Å². The normalized spacial score (nSPS) is 26.1. The molecule has 110 valence electrons. The average Bonchev–Trinajstić information content (AvgIpc) is 3.11. The van der Waals surface area contributed by atoms with E-state index in [1.165, 1.54) is 12.8 Å². The van der Waals surface area contributed by atoms with Crippen molar-refractivity contribution in [1.29, 1.82) is 0 Å². The fourth-order valence-electron chi connectivity index (χ4n) is 2.78. The van der Waals surface area contributed by atoms with E-state index in [-0.39, 0.29) is 12.1 Å². The third-order valence-electron chi connectivity index (χ3n) is 4.02. The van der Waals surface area contributed by atoms with E-state index in [1.807, 2.05) is 25.7 Å². The zero-order valence-corrected chi connectivity index (χ0v) is 12.5. The molecular formula is C15H28N2O2. The molecule has 1 saturated heterocycles. The van der Waals surface area contributed by atoms with Crippen molar-refractivity contribution in [3.8, 4) is 0 Å². The molecular weight excluding hydrogens is 240 g/mol. The van der Waals surface area contributed by atoms with Crippen LogP contribution in [0.5, 0.6) is 0 Å². The van der Waals surface area contributed by atoms with Crippen LogP contribution in [0.15, 0.2) is 0 Å². The number of carbonyl (C=O) groups is 1. The van der Waals surface area contributed by atoms with Crippen molar-refractivity contribution in [2.45, 2.75) is 64.5 Å². The van der Waals surface area contributed by atoms with Gasteiger partial charge in [0.2, 0.25) is 0 Å². The third kappa shape index (κ3) is 4.68. The number of rotatable bonds is 3. The van der Waals surface area contributed by atoms with Crippen LogP contribution in [0.4, 0.5) is 4.79 Å². The molecule has 1 aliphatic heterocycles. The highest BCUT2D eigenvalue weighted by molar-refractivity contribution is 5.68. The third-order valence-corrected chi connectivity index (χ3v) is 4.02. The molecule has 2 aliphatic rings. The molecule has 4 nitrogen and oxygen atoms in total. The summed E-state index contributed by atoms with van der Waals surface area (Å²) < 4.78 is 5.44. The topological polar surface area (TPSA) is 55.6 Å². The molecule has 2 N–H and O–H groups in total. The Morgan fingerprint density at radius 2 is 2.05 bits per heavy atom. The number of hydrogen-bond donors (Lipinski definition) is 1. The van der Waals surface area contributed by atoms with Crippen LogP contribution in [0.1, 0.15) is 52.9 Å². The van der Waals surface area contributed by atoms with Crippen molar-refractivity contribution < 1.29 is 9.53 Å². The molecule has 1 heterocycles. The van der Waals surface area contributed by atoms with Crippen LogP contribution in [0.25, 0.3) is 0 Å². The van der Waals surface area contributed by atoms with Gasteiger partial charge in [-0.3, -0.25) is 0 Å². The summed E-state index contributed by atoms with van der Waals surface area (Å²) >= 11 is 0. The number of ether oxygens (including phenoxy) is 1.